The van der Waals surface area contributed by atoms with Crippen LogP contribution < -0.4 is 5.32 Å². The first-order chi connectivity index (χ1) is 14.7. The van der Waals surface area contributed by atoms with Crippen molar-refractivity contribution in [3.05, 3.63) is 76.5 Å². The lowest BCUT2D eigenvalue weighted by Crippen LogP contribution is -2.24. The summed E-state index contributed by atoms with van der Waals surface area (Å²) in [7, 11) is -3.08. The Labute approximate surface area is 183 Å². The zero-order chi connectivity index (χ0) is 22.2. The van der Waals surface area contributed by atoms with Gasteiger partial charge in [0.1, 0.15) is 0 Å². The molecule has 0 bridgehead atoms. The first kappa shape index (κ1) is 21.3. The first-order valence-electron chi connectivity index (χ1n) is 10.4. The van der Waals surface area contributed by atoms with E-state index in [1.54, 1.807) is 10.7 Å². The molecule has 1 saturated heterocycles. The van der Waals surface area contributed by atoms with Crippen LogP contribution in [0.3, 0.4) is 0 Å². The van der Waals surface area contributed by atoms with Gasteiger partial charge in [-0.25, -0.2) is 8.42 Å². The smallest absolute Gasteiger partial charge is 0.272 e. The van der Waals surface area contributed by atoms with E-state index < -0.39 is 9.84 Å². The molecule has 1 aromatic heterocycles. The summed E-state index contributed by atoms with van der Waals surface area (Å²) in [6.45, 7) is 6.51. The highest BCUT2D eigenvalue weighted by atomic mass is 32.2. The molecule has 6 nitrogen and oxygen atoms in total. The van der Waals surface area contributed by atoms with Crippen LogP contribution in [0.15, 0.2) is 48.5 Å². The summed E-state index contributed by atoms with van der Waals surface area (Å²) < 4.78 is 25.9. The number of aromatic nitrogens is 2. The first-order valence-corrected chi connectivity index (χ1v) is 12.3. The van der Waals surface area contributed by atoms with E-state index >= 15 is 0 Å². The average Bonchev–Trinajstić information content (AvgIpc) is 3.33. The van der Waals surface area contributed by atoms with Crippen molar-refractivity contribution in [2.45, 2.75) is 39.8 Å². The van der Waals surface area contributed by atoms with Gasteiger partial charge >= 0.3 is 0 Å². The van der Waals surface area contributed by atoms with Gasteiger partial charge in [0.2, 0.25) is 0 Å². The molecule has 0 spiro atoms. The minimum Gasteiger partial charge on any atom is -0.347 e. The molecular formula is C24H27N3O3S. The van der Waals surface area contributed by atoms with Crippen molar-refractivity contribution in [1.29, 1.82) is 0 Å². The van der Waals surface area contributed by atoms with Crippen molar-refractivity contribution in [2.75, 3.05) is 11.5 Å². The molecule has 2 heterocycles. The van der Waals surface area contributed by atoms with Gasteiger partial charge in [0.15, 0.2) is 15.5 Å². The van der Waals surface area contributed by atoms with Gasteiger partial charge in [0, 0.05) is 12.1 Å². The molecule has 1 atom stereocenters. The van der Waals surface area contributed by atoms with Gasteiger partial charge in [-0.15, -0.1) is 0 Å². The Morgan fingerprint density at radius 1 is 1.06 bits per heavy atom. The number of hydrogen-bond donors (Lipinski definition) is 1. The van der Waals surface area contributed by atoms with Crippen molar-refractivity contribution >= 4 is 15.7 Å². The number of nitrogens with one attached hydrogen (secondary N) is 1. The summed E-state index contributed by atoms with van der Waals surface area (Å²) in [5, 5.41) is 7.47. The van der Waals surface area contributed by atoms with Crippen LogP contribution in [0.2, 0.25) is 0 Å². The molecule has 162 valence electrons. The molecule has 0 aliphatic carbocycles. The third kappa shape index (κ3) is 4.71. The molecular weight excluding hydrogens is 410 g/mol. The van der Waals surface area contributed by atoms with E-state index in [4.69, 9.17) is 0 Å². The summed E-state index contributed by atoms with van der Waals surface area (Å²) >= 11 is 0. The molecule has 7 heteroatoms. The number of carbonyl (C=O) groups excluding carboxylic acids is 1. The molecule has 1 N–H and O–H groups in total. The number of carbonyl (C=O) groups is 1. The SMILES string of the molecule is Cc1ccc(CNC(=O)c2cc(-c3ccc(C)c(C)c3)n([C@H]3CCS(=O)(=O)C3)n2)cc1. The lowest BCUT2D eigenvalue weighted by Gasteiger charge is -2.14. The Bertz CT molecular complexity index is 1230. The third-order valence-corrected chi connectivity index (χ3v) is 7.65. The van der Waals surface area contributed by atoms with Crippen LogP contribution in [-0.2, 0) is 16.4 Å². The fourth-order valence-electron chi connectivity index (χ4n) is 3.85. The Hall–Kier alpha value is -2.93. The molecule has 1 fully saturated rings. The fraction of sp³-hybridized carbons (Fsp3) is 0.333. The summed E-state index contributed by atoms with van der Waals surface area (Å²) in [4.78, 5) is 12.8. The van der Waals surface area contributed by atoms with E-state index in [0.29, 0.717) is 18.7 Å². The van der Waals surface area contributed by atoms with Crippen LogP contribution in [0.4, 0.5) is 0 Å². The largest absolute Gasteiger partial charge is 0.347 e. The minimum atomic E-state index is -3.08. The number of amides is 1. The second kappa shape index (κ2) is 8.30. The third-order valence-electron chi connectivity index (χ3n) is 5.90. The van der Waals surface area contributed by atoms with Gasteiger partial charge in [0.05, 0.1) is 23.2 Å². The molecule has 31 heavy (non-hydrogen) atoms. The Kier molecular flexibility index (Phi) is 5.71. The topological polar surface area (TPSA) is 81.1 Å². The maximum absolute atomic E-state index is 12.8. The summed E-state index contributed by atoms with van der Waals surface area (Å²) in [5.41, 5.74) is 6.48. The van der Waals surface area contributed by atoms with Crippen molar-refractivity contribution in [1.82, 2.24) is 15.1 Å². The predicted octanol–water partition coefficient (Wildman–Crippen LogP) is 3.76. The highest BCUT2D eigenvalue weighted by Gasteiger charge is 2.32. The molecule has 2 aromatic carbocycles. The Morgan fingerprint density at radius 2 is 1.81 bits per heavy atom. The van der Waals surface area contributed by atoms with E-state index in [1.807, 2.05) is 57.2 Å². The van der Waals surface area contributed by atoms with E-state index in [2.05, 4.69) is 16.5 Å². The van der Waals surface area contributed by atoms with Crippen molar-refractivity contribution in [3.8, 4) is 11.3 Å². The second-order valence-electron chi connectivity index (χ2n) is 8.38. The highest BCUT2D eigenvalue weighted by molar-refractivity contribution is 7.91. The number of nitrogens with zero attached hydrogens (tertiary/aromatic N) is 2. The number of benzene rings is 2. The van der Waals surface area contributed by atoms with E-state index in [-0.39, 0.29) is 23.5 Å². The van der Waals surface area contributed by atoms with Crippen LogP contribution in [0.5, 0.6) is 0 Å². The van der Waals surface area contributed by atoms with E-state index in [0.717, 1.165) is 22.4 Å². The van der Waals surface area contributed by atoms with Crippen LogP contribution in [-0.4, -0.2) is 35.6 Å². The highest BCUT2D eigenvalue weighted by Crippen LogP contribution is 2.31. The summed E-state index contributed by atoms with van der Waals surface area (Å²) in [6.07, 6.45) is 0.506. The van der Waals surface area contributed by atoms with Crippen LogP contribution >= 0.6 is 0 Å². The Morgan fingerprint density at radius 3 is 2.45 bits per heavy atom. The molecule has 1 aliphatic heterocycles. The van der Waals surface area contributed by atoms with Crippen molar-refractivity contribution in [3.63, 3.8) is 0 Å². The number of hydrogen-bond acceptors (Lipinski definition) is 4. The maximum atomic E-state index is 12.8. The standard InChI is InChI=1S/C24H27N3O3S/c1-16-4-7-19(8-5-16)14-25-24(28)22-13-23(20-9-6-17(2)18(3)12-20)27(26-22)21-10-11-31(29,30)15-21/h4-9,12-13,21H,10-11,14-15H2,1-3H3,(H,25,28)/t21-/m0/s1. The fourth-order valence-corrected chi connectivity index (χ4v) is 5.54. The second-order valence-corrected chi connectivity index (χ2v) is 10.6. The monoisotopic (exact) mass is 437 g/mol. The lowest BCUT2D eigenvalue weighted by molar-refractivity contribution is 0.0945. The van der Waals surface area contributed by atoms with Gasteiger partial charge in [-0.1, -0.05) is 42.0 Å². The predicted molar refractivity (Wildman–Crippen MR) is 122 cm³/mol. The van der Waals surface area contributed by atoms with E-state index in [1.165, 1.54) is 11.1 Å². The normalized spacial score (nSPS) is 17.6. The average molecular weight is 438 g/mol. The number of sulfone groups is 1. The van der Waals surface area contributed by atoms with Gasteiger partial charge in [0.25, 0.3) is 5.91 Å². The summed E-state index contributed by atoms with van der Waals surface area (Å²) in [5.74, 6) is -0.0687. The van der Waals surface area contributed by atoms with Gasteiger partial charge in [-0.3, -0.25) is 9.48 Å². The molecule has 1 aliphatic rings. The molecule has 4 rings (SSSR count). The molecule has 1 amide bonds. The van der Waals surface area contributed by atoms with Crippen molar-refractivity contribution < 1.29 is 13.2 Å². The molecule has 0 unspecified atom stereocenters. The molecule has 0 radical (unpaired) electrons. The van der Waals surface area contributed by atoms with Gasteiger partial charge in [-0.2, -0.15) is 5.10 Å². The molecule has 0 saturated carbocycles. The van der Waals surface area contributed by atoms with Crippen LogP contribution in [0, 0.1) is 20.8 Å². The molecule has 3 aromatic rings. The summed E-state index contributed by atoms with van der Waals surface area (Å²) in [6, 6.07) is 15.6. The van der Waals surface area contributed by atoms with Gasteiger partial charge < -0.3 is 5.32 Å². The minimum absolute atomic E-state index is 0.0525. The number of aryl methyl sites for hydroxylation is 3. The van der Waals surface area contributed by atoms with Crippen LogP contribution in [0.25, 0.3) is 11.3 Å². The zero-order valence-corrected chi connectivity index (χ0v) is 18.9. The van der Waals surface area contributed by atoms with Crippen molar-refractivity contribution in [2.24, 2.45) is 0 Å². The maximum Gasteiger partial charge on any atom is 0.272 e. The Balaban J connectivity index is 1.64. The quantitative estimate of drug-likeness (QED) is 0.659. The zero-order valence-electron chi connectivity index (χ0n) is 18.1. The lowest BCUT2D eigenvalue weighted by atomic mass is 10.0. The van der Waals surface area contributed by atoms with Gasteiger partial charge in [-0.05, 0) is 56.0 Å². The number of rotatable bonds is 5. The van der Waals surface area contributed by atoms with E-state index in [9.17, 15) is 13.2 Å². The van der Waals surface area contributed by atoms with Crippen LogP contribution in [0.1, 0.15) is 45.2 Å².